The number of nitrogens with zero attached hydrogens (tertiary/aromatic N) is 3. The first kappa shape index (κ1) is 15.5. The summed E-state index contributed by atoms with van der Waals surface area (Å²) in [7, 11) is 0. The zero-order valence-corrected chi connectivity index (χ0v) is 14.2. The SMILES string of the molecule is CC(C)c1ccc(-c2ccc(-c3cn(C(C)C)nn3)cc2)cc1. The van der Waals surface area contributed by atoms with E-state index < -0.39 is 0 Å². The molecule has 23 heavy (non-hydrogen) atoms. The van der Waals surface area contributed by atoms with Crippen molar-refractivity contribution in [2.24, 2.45) is 0 Å². The highest BCUT2D eigenvalue weighted by Gasteiger charge is 2.07. The fraction of sp³-hybridized carbons (Fsp3) is 0.300. The average Bonchev–Trinajstić information content (AvgIpc) is 3.05. The zero-order valence-electron chi connectivity index (χ0n) is 14.2. The molecule has 3 rings (SSSR count). The van der Waals surface area contributed by atoms with E-state index in [1.165, 1.54) is 16.7 Å². The summed E-state index contributed by atoms with van der Waals surface area (Å²) >= 11 is 0. The molecule has 0 saturated heterocycles. The standard InChI is InChI=1S/C20H23N3/c1-14(2)16-5-7-17(8-6-16)18-9-11-19(12-10-18)20-13-23(15(3)4)22-21-20/h5-15H,1-4H3. The van der Waals surface area contributed by atoms with Crippen LogP contribution in [-0.4, -0.2) is 15.0 Å². The van der Waals surface area contributed by atoms with E-state index in [-0.39, 0.29) is 0 Å². The maximum atomic E-state index is 4.25. The van der Waals surface area contributed by atoms with Gasteiger partial charge in [0.1, 0.15) is 5.69 Å². The predicted molar refractivity (Wildman–Crippen MR) is 95.4 cm³/mol. The van der Waals surface area contributed by atoms with E-state index in [1.54, 1.807) is 0 Å². The second-order valence-electron chi connectivity index (χ2n) is 6.53. The number of hydrogen-bond acceptors (Lipinski definition) is 2. The van der Waals surface area contributed by atoms with Gasteiger partial charge in [-0.15, -0.1) is 5.10 Å². The van der Waals surface area contributed by atoms with Crippen molar-refractivity contribution in [1.82, 2.24) is 15.0 Å². The van der Waals surface area contributed by atoms with Crippen LogP contribution < -0.4 is 0 Å². The van der Waals surface area contributed by atoms with Crippen LogP contribution in [0.2, 0.25) is 0 Å². The number of benzene rings is 2. The van der Waals surface area contributed by atoms with Gasteiger partial charge in [-0.05, 0) is 36.5 Å². The summed E-state index contributed by atoms with van der Waals surface area (Å²) in [6, 6.07) is 17.7. The molecule has 0 aliphatic carbocycles. The topological polar surface area (TPSA) is 30.7 Å². The molecule has 0 unspecified atom stereocenters. The Hall–Kier alpha value is -2.42. The van der Waals surface area contributed by atoms with Crippen molar-refractivity contribution < 1.29 is 0 Å². The minimum Gasteiger partial charge on any atom is -0.249 e. The minimum absolute atomic E-state index is 0.329. The number of rotatable bonds is 4. The molecule has 0 amide bonds. The van der Waals surface area contributed by atoms with Gasteiger partial charge in [0.15, 0.2) is 0 Å². The summed E-state index contributed by atoms with van der Waals surface area (Å²) in [6.07, 6.45) is 2.00. The first-order chi connectivity index (χ1) is 11.0. The van der Waals surface area contributed by atoms with Crippen LogP contribution in [0.3, 0.4) is 0 Å². The van der Waals surface area contributed by atoms with Crippen LogP contribution in [0.4, 0.5) is 0 Å². The Morgan fingerprint density at radius 1 is 0.739 bits per heavy atom. The summed E-state index contributed by atoms with van der Waals surface area (Å²) in [6.45, 7) is 8.63. The van der Waals surface area contributed by atoms with Crippen LogP contribution in [0, 0.1) is 0 Å². The number of aromatic nitrogens is 3. The van der Waals surface area contributed by atoms with Gasteiger partial charge >= 0.3 is 0 Å². The smallest absolute Gasteiger partial charge is 0.113 e. The molecule has 3 aromatic rings. The molecular weight excluding hydrogens is 282 g/mol. The van der Waals surface area contributed by atoms with Gasteiger partial charge in [-0.1, -0.05) is 67.6 Å². The molecule has 1 aromatic heterocycles. The van der Waals surface area contributed by atoms with Gasteiger partial charge in [0, 0.05) is 11.6 Å². The van der Waals surface area contributed by atoms with Crippen molar-refractivity contribution in [1.29, 1.82) is 0 Å². The van der Waals surface area contributed by atoms with Crippen LogP contribution in [-0.2, 0) is 0 Å². The summed E-state index contributed by atoms with van der Waals surface area (Å²) in [4.78, 5) is 0. The van der Waals surface area contributed by atoms with Crippen molar-refractivity contribution in [3.8, 4) is 22.4 Å². The van der Waals surface area contributed by atoms with Crippen LogP contribution in [0.1, 0.15) is 45.2 Å². The van der Waals surface area contributed by atoms with Gasteiger partial charge in [0.05, 0.1) is 6.20 Å². The van der Waals surface area contributed by atoms with Gasteiger partial charge in [-0.3, -0.25) is 0 Å². The molecule has 0 aliphatic rings. The lowest BCUT2D eigenvalue weighted by atomic mass is 9.98. The second-order valence-corrected chi connectivity index (χ2v) is 6.53. The first-order valence-electron chi connectivity index (χ1n) is 8.17. The highest BCUT2D eigenvalue weighted by atomic mass is 15.4. The van der Waals surface area contributed by atoms with Gasteiger partial charge in [0.25, 0.3) is 0 Å². The highest BCUT2D eigenvalue weighted by molar-refractivity contribution is 5.68. The number of hydrogen-bond donors (Lipinski definition) is 0. The largest absolute Gasteiger partial charge is 0.249 e. The molecule has 2 aromatic carbocycles. The van der Waals surface area contributed by atoms with E-state index >= 15 is 0 Å². The lowest BCUT2D eigenvalue weighted by Crippen LogP contribution is -2.00. The summed E-state index contributed by atoms with van der Waals surface area (Å²) in [5.41, 5.74) is 5.85. The molecule has 0 spiro atoms. The fourth-order valence-corrected chi connectivity index (χ4v) is 2.56. The molecule has 0 saturated carbocycles. The Morgan fingerprint density at radius 3 is 1.74 bits per heavy atom. The third kappa shape index (κ3) is 3.34. The van der Waals surface area contributed by atoms with E-state index in [1.807, 2.05) is 10.9 Å². The van der Waals surface area contributed by atoms with E-state index in [0.717, 1.165) is 11.3 Å². The molecule has 0 N–H and O–H groups in total. The normalized spacial score (nSPS) is 11.4. The molecule has 3 nitrogen and oxygen atoms in total. The zero-order chi connectivity index (χ0) is 16.4. The van der Waals surface area contributed by atoms with Gasteiger partial charge in [0.2, 0.25) is 0 Å². The molecule has 0 atom stereocenters. The van der Waals surface area contributed by atoms with Gasteiger partial charge in [-0.25, -0.2) is 4.68 Å². The quantitative estimate of drug-likeness (QED) is 0.653. The lowest BCUT2D eigenvalue weighted by molar-refractivity contribution is 0.514. The molecule has 0 fully saturated rings. The van der Waals surface area contributed by atoms with E-state index in [4.69, 9.17) is 0 Å². The molecular formula is C20H23N3. The summed E-state index contributed by atoms with van der Waals surface area (Å²) in [5.74, 6) is 0.565. The monoisotopic (exact) mass is 305 g/mol. The van der Waals surface area contributed by atoms with E-state index in [2.05, 4.69) is 86.5 Å². The first-order valence-corrected chi connectivity index (χ1v) is 8.17. The Balaban J connectivity index is 1.83. The average molecular weight is 305 g/mol. The Kier molecular flexibility index (Phi) is 4.28. The minimum atomic E-state index is 0.329. The van der Waals surface area contributed by atoms with Gasteiger partial charge < -0.3 is 0 Å². The van der Waals surface area contributed by atoms with Crippen molar-refractivity contribution in [3.05, 3.63) is 60.3 Å². The van der Waals surface area contributed by atoms with Crippen molar-refractivity contribution in [3.63, 3.8) is 0 Å². The molecule has 1 heterocycles. The van der Waals surface area contributed by atoms with Crippen molar-refractivity contribution in [2.75, 3.05) is 0 Å². The molecule has 0 radical (unpaired) electrons. The lowest BCUT2D eigenvalue weighted by Gasteiger charge is -2.07. The summed E-state index contributed by atoms with van der Waals surface area (Å²) in [5, 5.41) is 8.42. The summed E-state index contributed by atoms with van der Waals surface area (Å²) < 4.78 is 1.88. The van der Waals surface area contributed by atoms with Crippen LogP contribution in [0.15, 0.2) is 54.7 Å². The molecule has 118 valence electrons. The van der Waals surface area contributed by atoms with Gasteiger partial charge in [-0.2, -0.15) is 0 Å². The second kappa shape index (κ2) is 6.37. The molecule has 3 heteroatoms. The Morgan fingerprint density at radius 2 is 1.26 bits per heavy atom. The van der Waals surface area contributed by atoms with E-state index in [9.17, 15) is 0 Å². The van der Waals surface area contributed by atoms with Crippen LogP contribution in [0.5, 0.6) is 0 Å². The maximum Gasteiger partial charge on any atom is 0.113 e. The fourth-order valence-electron chi connectivity index (χ4n) is 2.56. The van der Waals surface area contributed by atoms with Crippen molar-refractivity contribution in [2.45, 2.75) is 39.7 Å². The Labute approximate surface area is 138 Å². The van der Waals surface area contributed by atoms with Crippen LogP contribution in [0.25, 0.3) is 22.4 Å². The highest BCUT2D eigenvalue weighted by Crippen LogP contribution is 2.25. The predicted octanol–water partition coefficient (Wildman–Crippen LogP) is 5.32. The van der Waals surface area contributed by atoms with Crippen LogP contribution >= 0.6 is 0 Å². The third-order valence-electron chi connectivity index (χ3n) is 4.13. The molecule has 0 bridgehead atoms. The Bertz CT molecular complexity index is 765. The third-order valence-corrected chi connectivity index (χ3v) is 4.13. The molecule has 0 aliphatic heterocycles. The van der Waals surface area contributed by atoms with E-state index in [0.29, 0.717) is 12.0 Å². The van der Waals surface area contributed by atoms with Crippen molar-refractivity contribution >= 4 is 0 Å². The maximum absolute atomic E-state index is 4.25.